The molecule has 0 saturated heterocycles. The van der Waals surface area contributed by atoms with Crippen molar-refractivity contribution in [2.45, 2.75) is 20.0 Å². The molecule has 5 heteroatoms. The number of anilines is 2. The van der Waals surface area contributed by atoms with Crippen molar-refractivity contribution in [3.63, 3.8) is 0 Å². The first-order valence-electron chi connectivity index (χ1n) is 8.61. The van der Waals surface area contributed by atoms with Crippen LogP contribution in [0.4, 0.5) is 10.8 Å². The van der Waals surface area contributed by atoms with Crippen LogP contribution in [0.25, 0.3) is 0 Å². The van der Waals surface area contributed by atoms with Crippen LogP contribution in [0.2, 0.25) is 0 Å². The third-order valence-electron chi connectivity index (χ3n) is 4.19. The lowest BCUT2D eigenvalue weighted by Crippen LogP contribution is -2.22. The van der Waals surface area contributed by atoms with E-state index in [1.807, 2.05) is 19.1 Å². The highest BCUT2D eigenvalue weighted by Crippen LogP contribution is 2.26. The predicted molar refractivity (Wildman–Crippen MR) is 111 cm³/mol. The van der Waals surface area contributed by atoms with Gasteiger partial charge < -0.3 is 14.5 Å². The van der Waals surface area contributed by atoms with Gasteiger partial charge in [-0.3, -0.25) is 0 Å². The van der Waals surface area contributed by atoms with Crippen molar-refractivity contribution in [3.05, 3.63) is 70.7 Å². The number of benzene rings is 2. The molecule has 0 spiro atoms. The minimum Gasteiger partial charge on any atom is -0.497 e. The fraction of sp³-hybridized carbons (Fsp3) is 0.286. The molecule has 0 N–H and O–H groups in total. The van der Waals surface area contributed by atoms with Crippen LogP contribution in [-0.4, -0.2) is 26.2 Å². The summed E-state index contributed by atoms with van der Waals surface area (Å²) in [5, 5.41) is 3.14. The summed E-state index contributed by atoms with van der Waals surface area (Å²) in [7, 11) is 5.84. The lowest BCUT2D eigenvalue weighted by molar-refractivity contribution is 0.414. The summed E-state index contributed by atoms with van der Waals surface area (Å²) in [4.78, 5) is 9.16. The standard InChI is InChI=1S/C21H25N3OS/c1-16-15-26-21(22-16)24(14-18-8-6-10-20(12-18)25-4)13-17-7-5-9-19(11-17)23(2)3/h5-12,15H,13-14H2,1-4H3. The van der Waals surface area contributed by atoms with Crippen molar-refractivity contribution in [2.24, 2.45) is 0 Å². The molecule has 4 nitrogen and oxygen atoms in total. The van der Waals surface area contributed by atoms with Gasteiger partial charge in [0, 0.05) is 38.3 Å². The van der Waals surface area contributed by atoms with Crippen LogP contribution in [0.3, 0.4) is 0 Å². The average molecular weight is 368 g/mol. The van der Waals surface area contributed by atoms with Crippen LogP contribution in [0.15, 0.2) is 53.9 Å². The number of hydrogen-bond acceptors (Lipinski definition) is 5. The lowest BCUT2D eigenvalue weighted by Gasteiger charge is -2.23. The Balaban J connectivity index is 1.87. The van der Waals surface area contributed by atoms with Crippen LogP contribution in [-0.2, 0) is 13.1 Å². The predicted octanol–water partition coefficient (Wildman–Crippen LogP) is 4.73. The van der Waals surface area contributed by atoms with E-state index in [1.165, 1.54) is 16.8 Å². The zero-order chi connectivity index (χ0) is 18.5. The number of thiazole rings is 1. The van der Waals surface area contributed by atoms with E-state index in [-0.39, 0.29) is 0 Å². The second-order valence-electron chi connectivity index (χ2n) is 6.54. The number of aryl methyl sites for hydroxylation is 1. The quantitative estimate of drug-likeness (QED) is 0.603. The molecule has 0 bridgehead atoms. The summed E-state index contributed by atoms with van der Waals surface area (Å²) in [6, 6.07) is 16.9. The van der Waals surface area contributed by atoms with Crippen molar-refractivity contribution < 1.29 is 4.74 Å². The van der Waals surface area contributed by atoms with E-state index in [0.29, 0.717) is 0 Å². The van der Waals surface area contributed by atoms with Gasteiger partial charge in [0.05, 0.1) is 12.8 Å². The number of methoxy groups -OCH3 is 1. The van der Waals surface area contributed by atoms with Gasteiger partial charge in [-0.15, -0.1) is 11.3 Å². The third kappa shape index (κ3) is 4.55. The zero-order valence-corrected chi connectivity index (χ0v) is 16.6. The second kappa shape index (κ2) is 8.23. The average Bonchev–Trinajstić information content (AvgIpc) is 3.08. The molecule has 0 aliphatic heterocycles. The summed E-state index contributed by atoms with van der Waals surface area (Å²) in [5.74, 6) is 0.882. The molecule has 1 aromatic heterocycles. The van der Waals surface area contributed by atoms with Crippen LogP contribution in [0.1, 0.15) is 16.8 Å². The monoisotopic (exact) mass is 367 g/mol. The fourth-order valence-electron chi connectivity index (χ4n) is 2.82. The van der Waals surface area contributed by atoms with E-state index in [2.05, 4.69) is 65.7 Å². The first-order valence-corrected chi connectivity index (χ1v) is 9.49. The molecule has 3 rings (SSSR count). The van der Waals surface area contributed by atoms with E-state index in [0.717, 1.165) is 29.7 Å². The zero-order valence-electron chi connectivity index (χ0n) is 15.8. The second-order valence-corrected chi connectivity index (χ2v) is 7.38. The Bertz CT molecular complexity index is 860. The molecule has 2 aromatic carbocycles. The molecule has 0 radical (unpaired) electrons. The van der Waals surface area contributed by atoms with Gasteiger partial charge in [-0.05, 0) is 42.3 Å². The van der Waals surface area contributed by atoms with Crippen molar-refractivity contribution >= 4 is 22.2 Å². The minimum atomic E-state index is 0.788. The van der Waals surface area contributed by atoms with E-state index >= 15 is 0 Å². The van der Waals surface area contributed by atoms with Crippen molar-refractivity contribution in [1.82, 2.24) is 4.98 Å². The van der Waals surface area contributed by atoms with Crippen LogP contribution in [0.5, 0.6) is 5.75 Å². The Morgan fingerprint density at radius 1 is 1.00 bits per heavy atom. The maximum atomic E-state index is 5.37. The van der Waals surface area contributed by atoms with Crippen molar-refractivity contribution in [1.29, 1.82) is 0 Å². The molecule has 0 fully saturated rings. The van der Waals surface area contributed by atoms with Crippen molar-refractivity contribution in [2.75, 3.05) is 31.0 Å². The Kier molecular flexibility index (Phi) is 5.78. The summed E-state index contributed by atoms with van der Waals surface area (Å²) < 4.78 is 5.37. The number of rotatable bonds is 7. The highest BCUT2D eigenvalue weighted by Gasteiger charge is 2.13. The molecule has 0 atom stereocenters. The number of ether oxygens (including phenoxy) is 1. The topological polar surface area (TPSA) is 28.6 Å². The van der Waals surface area contributed by atoms with Gasteiger partial charge in [0.25, 0.3) is 0 Å². The first-order chi connectivity index (χ1) is 12.5. The molecular formula is C21H25N3OS. The smallest absolute Gasteiger partial charge is 0.186 e. The molecule has 0 amide bonds. The Hall–Kier alpha value is -2.53. The van der Waals surface area contributed by atoms with Gasteiger partial charge in [-0.25, -0.2) is 4.98 Å². The van der Waals surface area contributed by atoms with E-state index < -0.39 is 0 Å². The van der Waals surface area contributed by atoms with Crippen LogP contribution < -0.4 is 14.5 Å². The number of nitrogens with zero attached hydrogens (tertiary/aromatic N) is 3. The maximum Gasteiger partial charge on any atom is 0.186 e. The summed E-state index contributed by atoms with van der Waals surface area (Å²) in [5.41, 5.74) is 4.75. The van der Waals surface area contributed by atoms with Gasteiger partial charge in [0.2, 0.25) is 0 Å². The Labute approximate surface area is 159 Å². The van der Waals surface area contributed by atoms with Gasteiger partial charge in [0.15, 0.2) is 5.13 Å². The molecule has 0 aliphatic rings. The van der Waals surface area contributed by atoms with E-state index in [9.17, 15) is 0 Å². The first kappa shape index (κ1) is 18.3. The highest BCUT2D eigenvalue weighted by atomic mass is 32.1. The minimum absolute atomic E-state index is 0.788. The van der Waals surface area contributed by atoms with Gasteiger partial charge >= 0.3 is 0 Å². The van der Waals surface area contributed by atoms with E-state index in [1.54, 1.807) is 18.4 Å². The Morgan fingerprint density at radius 2 is 1.69 bits per heavy atom. The molecule has 26 heavy (non-hydrogen) atoms. The van der Waals surface area contributed by atoms with Gasteiger partial charge in [-0.1, -0.05) is 24.3 Å². The molecule has 136 valence electrons. The molecule has 0 unspecified atom stereocenters. The summed E-state index contributed by atoms with van der Waals surface area (Å²) in [6.45, 7) is 3.64. The Morgan fingerprint density at radius 3 is 2.31 bits per heavy atom. The lowest BCUT2D eigenvalue weighted by atomic mass is 10.1. The van der Waals surface area contributed by atoms with Gasteiger partial charge in [-0.2, -0.15) is 0 Å². The largest absolute Gasteiger partial charge is 0.497 e. The number of hydrogen-bond donors (Lipinski definition) is 0. The molecule has 1 heterocycles. The molecule has 0 saturated carbocycles. The molecule has 3 aromatic rings. The molecule has 0 aliphatic carbocycles. The molecular weight excluding hydrogens is 342 g/mol. The van der Waals surface area contributed by atoms with Crippen LogP contribution >= 0.6 is 11.3 Å². The summed E-state index contributed by atoms with van der Waals surface area (Å²) >= 11 is 1.69. The highest BCUT2D eigenvalue weighted by molar-refractivity contribution is 7.13. The number of aromatic nitrogens is 1. The van der Waals surface area contributed by atoms with Crippen LogP contribution in [0, 0.1) is 6.92 Å². The SMILES string of the molecule is COc1cccc(CN(Cc2cccc(N(C)C)c2)c2nc(C)cs2)c1. The van der Waals surface area contributed by atoms with E-state index in [4.69, 9.17) is 9.72 Å². The normalized spacial score (nSPS) is 10.6. The maximum absolute atomic E-state index is 5.37. The fourth-order valence-corrected chi connectivity index (χ4v) is 3.63. The van der Waals surface area contributed by atoms with Gasteiger partial charge in [0.1, 0.15) is 5.75 Å². The third-order valence-corrected chi connectivity index (χ3v) is 5.20. The van der Waals surface area contributed by atoms with Crippen molar-refractivity contribution in [3.8, 4) is 5.75 Å². The summed E-state index contributed by atoms with van der Waals surface area (Å²) in [6.07, 6.45) is 0.